The number of hydrogen-bond acceptors (Lipinski definition) is 2. The van der Waals surface area contributed by atoms with Crippen molar-refractivity contribution in [1.82, 2.24) is 20.0 Å². The molecule has 0 aromatic carbocycles. The third-order valence-electron chi connectivity index (χ3n) is 2.07. The number of halogens is 1. The summed E-state index contributed by atoms with van der Waals surface area (Å²) in [6.07, 6.45) is 1.64. The standard InChI is InChI=1S/C9H15ClN4S/c1-4-11-9(15)13(2)6-8-7(10)5-12-14(8)3/h5H,4,6H2,1-3H3,(H,11,15). The first kappa shape index (κ1) is 12.3. The molecule has 1 heterocycles. The monoisotopic (exact) mass is 246 g/mol. The van der Waals surface area contributed by atoms with E-state index in [1.807, 2.05) is 25.9 Å². The minimum absolute atomic E-state index is 0.654. The molecule has 0 aliphatic carbocycles. The topological polar surface area (TPSA) is 33.1 Å². The average molecular weight is 247 g/mol. The molecule has 0 unspecified atom stereocenters. The molecule has 1 aromatic heterocycles. The Balaban J connectivity index is 2.66. The van der Waals surface area contributed by atoms with Crippen molar-refractivity contribution in [2.45, 2.75) is 13.5 Å². The van der Waals surface area contributed by atoms with Crippen molar-refractivity contribution in [1.29, 1.82) is 0 Å². The van der Waals surface area contributed by atoms with Crippen molar-refractivity contribution in [3.63, 3.8) is 0 Å². The fourth-order valence-electron chi connectivity index (χ4n) is 1.20. The number of aryl methyl sites for hydroxylation is 1. The maximum atomic E-state index is 6.00. The normalized spacial score (nSPS) is 10.1. The first-order valence-corrected chi connectivity index (χ1v) is 5.50. The summed E-state index contributed by atoms with van der Waals surface area (Å²) >= 11 is 11.2. The molecule has 0 spiro atoms. The molecule has 0 fully saturated rings. The van der Waals surface area contributed by atoms with Gasteiger partial charge in [0.2, 0.25) is 0 Å². The van der Waals surface area contributed by atoms with Gasteiger partial charge in [-0.2, -0.15) is 5.10 Å². The lowest BCUT2D eigenvalue weighted by atomic mass is 10.4. The van der Waals surface area contributed by atoms with E-state index in [9.17, 15) is 0 Å². The van der Waals surface area contributed by atoms with E-state index in [2.05, 4.69) is 10.4 Å². The predicted octanol–water partition coefficient (Wildman–Crippen LogP) is 1.40. The Bertz CT molecular complexity index is 330. The van der Waals surface area contributed by atoms with Crippen molar-refractivity contribution in [3.05, 3.63) is 16.9 Å². The van der Waals surface area contributed by atoms with Crippen LogP contribution in [-0.2, 0) is 13.6 Å². The van der Waals surface area contributed by atoms with E-state index in [1.165, 1.54) is 0 Å². The number of aromatic nitrogens is 2. The summed E-state index contributed by atoms with van der Waals surface area (Å²) in [7, 11) is 3.79. The summed E-state index contributed by atoms with van der Waals surface area (Å²) in [5.41, 5.74) is 0.958. The lowest BCUT2D eigenvalue weighted by molar-refractivity contribution is 0.468. The highest BCUT2D eigenvalue weighted by Crippen LogP contribution is 2.15. The van der Waals surface area contributed by atoms with E-state index in [-0.39, 0.29) is 0 Å². The van der Waals surface area contributed by atoms with E-state index in [4.69, 9.17) is 23.8 Å². The smallest absolute Gasteiger partial charge is 0.169 e. The van der Waals surface area contributed by atoms with Crippen molar-refractivity contribution >= 4 is 28.9 Å². The Hall–Kier alpha value is -0.810. The zero-order chi connectivity index (χ0) is 11.4. The molecule has 84 valence electrons. The van der Waals surface area contributed by atoms with Gasteiger partial charge in [0.25, 0.3) is 0 Å². The van der Waals surface area contributed by atoms with Gasteiger partial charge in [-0.05, 0) is 19.1 Å². The molecule has 1 N–H and O–H groups in total. The molecular formula is C9H15ClN4S. The van der Waals surface area contributed by atoms with E-state index in [1.54, 1.807) is 10.9 Å². The predicted molar refractivity (Wildman–Crippen MR) is 66.0 cm³/mol. The van der Waals surface area contributed by atoms with Gasteiger partial charge in [-0.25, -0.2) is 0 Å². The first-order chi connectivity index (χ1) is 7.06. The SMILES string of the molecule is CCNC(=S)N(C)Cc1c(Cl)cnn1C. The second kappa shape index (κ2) is 5.32. The molecule has 15 heavy (non-hydrogen) atoms. The third-order valence-corrected chi connectivity index (χ3v) is 2.84. The van der Waals surface area contributed by atoms with Gasteiger partial charge in [-0.1, -0.05) is 11.6 Å². The van der Waals surface area contributed by atoms with E-state index in [0.29, 0.717) is 11.6 Å². The molecular weight excluding hydrogens is 232 g/mol. The van der Waals surface area contributed by atoms with Gasteiger partial charge in [-0.15, -0.1) is 0 Å². The average Bonchev–Trinajstić information content (AvgIpc) is 2.49. The third kappa shape index (κ3) is 3.07. The molecule has 0 radical (unpaired) electrons. The minimum atomic E-state index is 0.654. The Labute approximate surface area is 100 Å². The van der Waals surface area contributed by atoms with Gasteiger partial charge in [0, 0.05) is 20.6 Å². The van der Waals surface area contributed by atoms with E-state index < -0.39 is 0 Å². The largest absolute Gasteiger partial charge is 0.363 e. The summed E-state index contributed by atoms with van der Waals surface area (Å²) in [5, 5.41) is 8.54. The van der Waals surface area contributed by atoms with Crippen molar-refractivity contribution in [2.24, 2.45) is 7.05 Å². The lowest BCUT2D eigenvalue weighted by Gasteiger charge is -2.20. The molecule has 0 amide bonds. The number of hydrogen-bond donors (Lipinski definition) is 1. The second-order valence-corrected chi connectivity index (χ2v) is 4.05. The maximum absolute atomic E-state index is 6.00. The number of rotatable bonds is 3. The lowest BCUT2D eigenvalue weighted by Crippen LogP contribution is -2.36. The highest BCUT2D eigenvalue weighted by molar-refractivity contribution is 7.80. The zero-order valence-corrected chi connectivity index (χ0v) is 10.7. The Morgan fingerprint density at radius 1 is 1.73 bits per heavy atom. The highest BCUT2D eigenvalue weighted by atomic mass is 35.5. The molecule has 0 bridgehead atoms. The van der Waals surface area contributed by atoms with Crippen LogP contribution in [0.15, 0.2) is 6.20 Å². The van der Waals surface area contributed by atoms with Gasteiger partial charge in [0.1, 0.15) is 0 Å². The van der Waals surface area contributed by atoms with Gasteiger partial charge in [-0.3, -0.25) is 4.68 Å². The summed E-state index contributed by atoms with van der Waals surface area (Å²) in [6, 6.07) is 0. The highest BCUT2D eigenvalue weighted by Gasteiger charge is 2.10. The Morgan fingerprint density at radius 2 is 2.40 bits per heavy atom. The quantitative estimate of drug-likeness (QED) is 0.818. The van der Waals surface area contributed by atoms with Crippen molar-refractivity contribution in [3.8, 4) is 0 Å². The molecule has 6 heteroatoms. The molecule has 4 nitrogen and oxygen atoms in total. The zero-order valence-electron chi connectivity index (χ0n) is 9.12. The molecule has 0 atom stereocenters. The molecule has 0 aliphatic rings. The molecule has 0 saturated carbocycles. The van der Waals surface area contributed by atoms with Crippen LogP contribution in [-0.4, -0.2) is 33.4 Å². The number of nitrogens with zero attached hydrogens (tertiary/aromatic N) is 3. The van der Waals surface area contributed by atoms with Crippen LogP contribution in [0.4, 0.5) is 0 Å². The van der Waals surface area contributed by atoms with Crippen LogP contribution in [0.25, 0.3) is 0 Å². The van der Waals surface area contributed by atoms with Crippen molar-refractivity contribution < 1.29 is 0 Å². The molecule has 0 saturated heterocycles. The summed E-state index contributed by atoms with van der Waals surface area (Å²) in [5.74, 6) is 0. The second-order valence-electron chi connectivity index (χ2n) is 3.25. The van der Waals surface area contributed by atoms with Gasteiger partial charge >= 0.3 is 0 Å². The van der Waals surface area contributed by atoms with Gasteiger partial charge < -0.3 is 10.2 Å². The van der Waals surface area contributed by atoms with Gasteiger partial charge in [0.05, 0.1) is 23.5 Å². The van der Waals surface area contributed by atoms with Crippen LogP contribution in [0.2, 0.25) is 5.02 Å². The van der Waals surface area contributed by atoms with E-state index in [0.717, 1.165) is 17.4 Å². The van der Waals surface area contributed by atoms with Crippen LogP contribution >= 0.6 is 23.8 Å². The van der Waals surface area contributed by atoms with Crippen LogP contribution in [0, 0.1) is 0 Å². The first-order valence-electron chi connectivity index (χ1n) is 4.71. The van der Waals surface area contributed by atoms with Crippen LogP contribution < -0.4 is 5.32 Å². The molecule has 1 rings (SSSR count). The Morgan fingerprint density at radius 3 is 2.87 bits per heavy atom. The van der Waals surface area contributed by atoms with Crippen molar-refractivity contribution in [2.75, 3.05) is 13.6 Å². The van der Waals surface area contributed by atoms with E-state index >= 15 is 0 Å². The fourth-order valence-corrected chi connectivity index (χ4v) is 1.63. The summed E-state index contributed by atoms with van der Waals surface area (Å²) in [6.45, 7) is 3.49. The summed E-state index contributed by atoms with van der Waals surface area (Å²) in [4.78, 5) is 1.93. The maximum Gasteiger partial charge on any atom is 0.169 e. The number of nitrogens with one attached hydrogen (secondary N) is 1. The van der Waals surface area contributed by atoms with Crippen LogP contribution in [0.5, 0.6) is 0 Å². The number of thiocarbonyl (C=S) groups is 1. The summed E-state index contributed by atoms with van der Waals surface area (Å²) < 4.78 is 1.76. The van der Waals surface area contributed by atoms with Gasteiger partial charge in [0.15, 0.2) is 5.11 Å². The fraction of sp³-hybridized carbons (Fsp3) is 0.556. The minimum Gasteiger partial charge on any atom is -0.363 e. The Kier molecular flexibility index (Phi) is 4.35. The molecule has 0 aliphatic heterocycles. The van der Waals surface area contributed by atoms with Crippen LogP contribution in [0.3, 0.4) is 0 Å². The molecule has 1 aromatic rings. The van der Waals surface area contributed by atoms with Crippen LogP contribution in [0.1, 0.15) is 12.6 Å².